The average molecular weight is 444 g/mol. The van der Waals surface area contributed by atoms with Crippen LogP contribution in [0.3, 0.4) is 0 Å². The number of furan rings is 1. The fourth-order valence-corrected chi connectivity index (χ4v) is 3.66. The van der Waals surface area contributed by atoms with Crippen molar-refractivity contribution in [1.82, 2.24) is 15.1 Å². The van der Waals surface area contributed by atoms with Gasteiger partial charge in [0, 0.05) is 30.3 Å². The molecule has 6 heteroatoms. The number of benzene rings is 2. The zero-order valence-corrected chi connectivity index (χ0v) is 19.2. The molecule has 4 aromatic rings. The summed E-state index contributed by atoms with van der Waals surface area (Å²) in [6, 6.07) is 22.0. The molecule has 0 bridgehead atoms. The highest BCUT2D eigenvalue weighted by atomic mass is 16.5. The first kappa shape index (κ1) is 22.4. The Labute approximate surface area is 194 Å². The lowest BCUT2D eigenvalue weighted by molar-refractivity contribution is 0.0919. The van der Waals surface area contributed by atoms with Crippen LogP contribution in [0.25, 0.3) is 0 Å². The third-order valence-electron chi connectivity index (χ3n) is 5.80. The maximum Gasteiger partial charge on any atom is 0.287 e. The fourth-order valence-electron chi connectivity index (χ4n) is 3.66. The van der Waals surface area contributed by atoms with Gasteiger partial charge in [0.2, 0.25) is 0 Å². The van der Waals surface area contributed by atoms with E-state index in [9.17, 15) is 4.79 Å². The first-order chi connectivity index (χ1) is 16.0. The summed E-state index contributed by atoms with van der Waals surface area (Å²) >= 11 is 0. The second-order valence-corrected chi connectivity index (χ2v) is 8.46. The van der Waals surface area contributed by atoms with Gasteiger partial charge in [-0.1, -0.05) is 56.3 Å². The number of nitrogens with one attached hydrogen (secondary N) is 1. The number of ether oxygens (including phenoxy) is 1. The summed E-state index contributed by atoms with van der Waals surface area (Å²) in [6.45, 7) is 7.88. The normalized spacial score (nSPS) is 11.4. The van der Waals surface area contributed by atoms with Crippen molar-refractivity contribution in [2.45, 2.75) is 45.9 Å². The number of rotatable bonds is 9. The third kappa shape index (κ3) is 5.34. The van der Waals surface area contributed by atoms with Crippen LogP contribution in [0.4, 0.5) is 0 Å². The van der Waals surface area contributed by atoms with E-state index in [-0.39, 0.29) is 23.7 Å². The van der Waals surface area contributed by atoms with E-state index in [0.717, 1.165) is 17.9 Å². The predicted octanol–water partition coefficient (Wildman–Crippen LogP) is 5.33. The minimum atomic E-state index is -0.266. The highest BCUT2D eigenvalue weighted by Crippen LogP contribution is 2.32. The van der Waals surface area contributed by atoms with Gasteiger partial charge in [0.25, 0.3) is 5.91 Å². The van der Waals surface area contributed by atoms with E-state index in [1.54, 1.807) is 18.3 Å². The standard InChI is InChI=1S/C27H29N3O3/c1-4-30-18-20(17-29-30)16-28-26(31)25-15-14-24(33-25)19-32-23-12-10-22(11-13-23)27(2,3)21-8-6-5-7-9-21/h5-15,17-18H,4,16,19H2,1-3H3,(H,28,31). The van der Waals surface area contributed by atoms with Crippen molar-refractivity contribution < 1.29 is 13.9 Å². The minimum Gasteiger partial charge on any atom is -0.486 e. The molecule has 0 radical (unpaired) electrons. The largest absolute Gasteiger partial charge is 0.486 e. The SMILES string of the molecule is CCn1cc(CNC(=O)c2ccc(COc3ccc(C(C)(C)c4ccccc4)cc3)o2)cn1. The molecule has 0 aliphatic rings. The van der Waals surface area contributed by atoms with Gasteiger partial charge < -0.3 is 14.5 Å². The van der Waals surface area contributed by atoms with Crippen LogP contribution >= 0.6 is 0 Å². The van der Waals surface area contributed by atoms with E-state index < -0.39 is 0 Å². The topological polar surface area (TPSA) is 69.3 Å². The summed E-state index contributed by atoms with van der Waals surface area (Å²) in [5.74, 6) is 1.33. The molecule has 2 aromatic heterocycles. The van der Waals surface area contributed by atoms with Gasteiger partial charge in [0.15, 0.2) is 5.76 Å². The van der Waals surface area contributed by atoms with E-state index in [1.165, 1.54) is 11.1 Å². The molecule has 1 N–H and O–H groups in total. The molecule has 1 amide bonds. The molecule has 0 atom stereocenters. The number of nitrogens with zero attached hydrogens (tertiary/aromatic N) is 2. The predicted molar refractivity (Wildman–Crippen MR) is 127 cm³/mol. The third-order valence-corrected chi connectivity index (χ3v) is 5.80. The summed E-state index contributed by atoms with van der Waals surface area (Å²) in [4.78, 5) is 12.4. The van der Waals surface area contributed by atoms with Gasteiger partial charge in [-0.05, 0) is 42.3 Å². The first-order valence-corrected chi connectivity index (χ1v) is 11.1. The van der Waals surface area contributed by atoms with E-state index in [2.05, 4.69) is 60.7 Å². The fraction of sp³-hybridized carbons (Fsp3) is 0.259. The minimum absolute atomic E-state index is 0.0989. The second kappa shape index (κ2) is 9.77. The maximum atomic E-state index is 12.4. The molecule has 0 saturated carbocycles. The Morgan fingerprint density at radius 3 is 2.45 bits per heavy atom. The lowest BCUT2D eigenvalue weighted by Crippen LogP contribution is -2.22. The van der Waals surface area contributed by atoms with Crippen molar-refractivity contribution in [2.75, 3.05) is 0 Å². The second-order valence-electron chi connectivity index (χ2n) is 8.46. The molecule has 6 nitrogen and oxygen atoms in total. The Balaban J connectivity index is 1.31. The van der Waals surface area contributed by atoms with Crippen LogP contribution in [0.5, 0.6) is 5.75 Å². The number of aromatic nitrogens is 2. The van der Waals surface area contributed by atoms with E-state index in [1.807, 2.05) is 36.0 Å². The number of amides is 1. The molecule has 33 heavy (non-hydrogen) atoms. The summed E-state index contributed by atoms with van der Waals surface area (Å²) in [6.07, 6.45) is 3.66. The molecule has 170 valence electrons. The van der Waals surface area contributed by atoms with Crippen molar-refractivity contribution >= 4 is 5.91 Å². The molecule has 0 unspecified atom stereocenters. The number of hydrogen-bond acceptors (Lipinski definition) is 4. The van der Waals surface area contributed by atoms with Gasteiger partial charge >= 0.3 is 0 Å². The number of aryl methyl sites for hydroxylation is 1. The smallest absolute Gasteiger partial charge is 0.287 e. The van der Waals surface area contributed by atoms with Crippen LogP contribution < -0.4 is 10.1 Å². The zero-order chi connectivity index (χ0) is 23.3. The molecule has 0 spiro atoms. The molecule has 4 rings (SSSR count). The first-order valence-electron chi connectivity index (χ1n) is 11.1. The van der Waals surface area contributed by atoms with E-state index >= 15 is 0 Å². The lowest BCUT2D eigenvalue weighted by atomic mass is 9.78. The van der Waals surface area contributed by atoms with Crippen LogP contribution in [0.1, 0.15) is 53.8 Å². The van der Waals surface area contributed by atoms with Crippen molar-refractivity contribution in [1.29, 1.82) is 0 Å². The molecular weight excluding hydrogens is 414 g/mol. The van der Waals surface area contributed by atoms with Crippen molar-refractivity contribution in [2.24, 2.45) is 0 Å². The summed E-state index contributed by atoms with van der Waals surface area (Å²) in [5.41, 5.74) is 3.32. The zero-order valence-electron chi connectivity index (χ0n) is 19.2. The van der Waals surface area contributed by atoms with Crippen molar-refractivity contribution in [3.8, 4) is 5.75 Å². The van der Waals surface area contributed by atoms with Crippen molar-refractivity contribution in [3.05, 3.63) is 107 Å². The van der Waals surface area contributed by atoms with Crippen LogP contribution in [-0.4, -0.2) is 15.7 Å². The van der Waals surface area contributed by atoms with Crippen molar-refractivity contribution in [3.63, 3.8) is 0 Å². The Morgan fingerprint density at radius 1 is 1.03 bits per heavy atom. The monoisotopic (exact) mass is 443 g/mol. The molecule has 2 aromatic carbocycles. The molecule has 0 aliphatic heterocycles. The quantitative estimate of drug-likeness (QED) is 0.380. The Morgan fingerprint density at radius 2 is 1.76 bits per heavy atom. The van der Waals surface area contributed by atoms with Crippen LogP contribution in [0, 0.1) is 0 Å². The number of carbonyl (C=O) groups is 1. The highest BCUT2D eigenvalue weighted by molar-refractivity contribution is 5.91. The maximum absolute atomic E-state index is 12.4. The van der Waals surface area contributed by atoms with Gasteiger partial charge in [-0.2, -0.15) is 5.10 Å². The van der Waals surface area contributed by atoms with Gasteiger partial charge in [0.05, 0.1) is 6.20 Å². The Hall–Kier alpha value is -3.80. The lowest BCUT2D eigenvalue weighted by Gasteiger charge is -2.26. The number of hydrogen-bond donors (Lipinski definition) is 1. The highest BCUT2D eigenvalue weighted by Gasteiger charge is 2.22. The summed E-state index contributed by atoms with van der Waals surface area (Å²) in [5, 5.41) is 7.05. The van der Waals surface area contributed by atoms with Gasteiger partial charge in [-0.3, -0.25) is 9.48 Å². The molecule has 0 fully saturated rings. The molecule has 0 aliphatic carbocycles. The molecular formula is C27H29N3O3. The Kier molecular flexibility index (Phi) is 6.63. The van der Waals surface area contributed by atoms with Gasteiger partial charge in [0.1, 0.15) is 18.1 Å². The molecule has 0 saturated heterocycles. The van der Waals surface area contributed by atoms with Crippen LogP contribution in [0.15, 0.2) is 83.5 Å². The average Bonchev–Trinajstić information content (AvgIpc) is 3.52. The molecule has 2 heterocycles. The van der Waals surface area contributed by atoms with Crippen LogP contribution in [-0.2, 0) is 25.1 Å². The number of carbonyl (C=O) groups excluding carboxylic acids is 1. The van der Waals surface area contributed by atoms with E-state index in [0.29, 0.717) is 12.3 Å². The van der Waals surface area contributed by atoms with E-state index in [4.69, 9.17) is 9.15 Å². The summed E-state index contributed by atoms with van der Waals surface area (Å²) < 4.78 is 13.3. The van der Waals surface area contributed by atoms with Gasteiger partial charge in [-0.25, -0.2) is 0 Å². The van der Waals surface area contributed by atoms with Crippen LogP contribution in [0.2, 0.25) is 0 Å². The Bertz CT molecular complexity index is 1190. The van der Waals surface area contributed by atoms with Gasteiger partial charge in [-0.15, -0.1) is 0 Å². The summed E-state index contributed by atoms with van der Waals surface area (Å²) in [7, 11) is 0.